The molecule has 102 valence electrons. The van der Waals surface area contributed by atoms with E-state index < -0.39 is 0 Å². The average Bonchev–Trinajstić information content (AvgIpc) is 2.89. The van der Waals surface area contributed by atoms with Crippen LogP contribution in [0.25, 0.3) is 22.4 Å². The van der Waals surface area contributed by atoms with Crippen molar-refractivity contribution in [3.8, 4) is 11.4 Å². The molecule has 0 spiro atoms. The Morgan fingerprint density at radius 3 is 2.65 bits per heavy atom. The van der Waals surface area contributed by atoms with E-state index in [1.807, 2.05) is 6.07 Å². The van der Waals surface area contributed by atoms with Crippen LogP contribution < -0.4 is 0 Å². The summed E-state index contributed by atoms with van der Waals surface area (Å²) in [6, 6.07) is 14.6. The van der Waals surface area contributed by atoms with Gasteiger partial charge in [-0.2, -0.15) is 0 Å². The van der Waals surface area contributed by atoms with E-state index in [-0.39, 0.29) is 6.61 Å². The summed E-state index contributed by atoms with van der Waals surface area (Å²) >= 11 is 0. The molecule has 0 fully saturated rings. The molecule has 3 nitrogen and oxygen atoms in total. The molecule has 0 aliphatic carbocycles. The molecule has 0 unspecified atom stereocenters. The number of benzene rings is 2. The fraction of sp³-hybridized carbons (Fsp3) is 0.235. The van der Waals surface area contributed by atoms with Crippen LogP contribution in [0.5, 0.6) is 0 Å². The predicted octanol–water partition coefficient (Wildman–Crippen LogP) is 3.46. The van der Waals surface area contributed by atoms with Crippen molar-refractivity contribution in [1.82, 2.24) is 9.97 Å². The molecule has 1 aromatic heterocycles. The second-order valence-electron chi connectivity index (χ2n) is 5.13. The van der Waals surface area contributed by atoms with Gasteiger partial charge in [-0.05, 0) is 37.5 Å². The first-order chi connectivity index (χ1) is 9.76. The van der Waals surface area contributed by atoms with E-state index in [9.17, 15) is 0 Å². The molecular formula is C17H18N2O. The first-order valence-electron chi connectivity index (χ1n) is 6.93. The van der Waals surface area contributed by atoms with Crippen molar-refractivity contribution in [2.45, 2.75) is 19.8 Å². The Kier molecular flexibility index (Phi) is 3.52. The lowest BCUT2D eigenvalue weighted by Crippen LogP contribution is -1.88. The number of nitrogens with one attached hydrogen (secondary N) is 1. The van der Waals surface area contributed by atoms with Crippen LogP contribution in [0.3, 0.4) is 0 Å². The number of imidazole rings is 1. The van der Waals surface area contributed by atoms with E-state index in [1.165, 1.54) is 11.1 Å². The number of hydrogen-bond donors (Lipinski definition) is 2. The Balaban J connectivity index is 1.95. The molecule has 3 heteroatoms. The number of aromatic amines is 1. The van der Waals surface area contributed by atoms with Gasteiger partial charge in [-0.3, -0.25) is 0 Å². The Morgan fingerprint density at radius 1 is 1.10 bits per heavy atom. The number of aromatic nitrogens is 2. The molecule has 0 aliphatic heterocycles. The number of nitrogens with zero attached hydrogens (tertiary/aromatic N) is 1. The van der Waals surface area contributed by atoms with Crippen LogP contribution in [0.1, 0.15) is 17.5 Å². The van der Waals surface area contributed by atoms with Crippen LogP contribution >= 0.6 is 0 Å². The summed E-state index contributed by atoms with van der Waals surface area (Å²) in [5.41, 5.74) is 5.61. The van der Waals surface area contributed by atoms with E-state index in [2.05, 4.69) is 53.3 Å². The van der Waals surface area contributed by atoms with Crippen molar-refractivity contribution in [2.75, 3.05) is 6.61 Å². The van der Waals surface area contributed by atoms with Crippen molar-refractivity contribution in [2.24, 2.45) is 0 Å². The predicted molar refractivity (Wildman–Crippen MR) is 81.7 cm³/mol. The Bertz CT molecular complexity index is 713. The fourth-order valence-corrected chi connectivity index (χ4v) is 2.34. The fourth-order valence-electron chi connectivity index (χ4n) is 2.34. The summed E-state index contributed by atoms with van der Waals surface area (Å²) in [6.45, 7) is 2.31. The summed E-state index contributed by atoms with van der Waals surface area (Å²) in [5.74, 6) is 0.902. The van der Waals surface area contributed by atoms with Crippen LogP contribution in [0.4, 0.5) is 0 Å². The van der Waals surface area contributed by atoms with E-state index in [1.54, 1.807) is 0 Å². The zero-order valence-corrected chi connectivity index (χ0v) is 11.6. The number of H-pyrrole nitrogens is 1. The summed E-state index contributed by atoms with van der Waals surface area (Å²) in [5, 5.41) is 8.90. The quantitative estimate of drug-likeness (QED) is 0.759. The molecule has 2 N–H and O–H groups in total. The molecule has 3 aromatic rings. The molecule has 0 radical (unpaired) electrons. The maximum absolute atomic E-state index is 8.90. The lowest BCUT2D eigenvalue weighted by atomic mass is 10.1. The summed E-state index contributed by atoms with van der Waals surface area (Å²) in [6.07, 6.45) is 1.69. The largest absolute Gasteiger partial charge is 0.396 e. The van der Waals surface area contributed by atoms with Gasteiger partial charge in [-0.25, -0.2) is 4.98 Å². The van der Waals surface area contributed by atoms with Gasteiger partial charge in [0.05, 0.1) is 11.0 Å². The molecule has 0 bridgehead atoms. The monoisotopic (exact) mass is 266 g/mol. The minimum atomic E-state index is 0.232. The number of hydrogen-bond acceptors (Lipinski definition) is 2. The van der Waals surface area contributed by atoms with Gasteiger partial charge in [-0.1, -0.05) is 35.9 Å². The summed E-state index contributed by atoms with van der Waals surface area (Å²) < 4.78 is 0. The van der Waals surface area contributed by atoms with Gasteiger partial charge >= 0.3 is 0 Å². The first kappa shape index (κ1) is 12.9. The maximum atomic E-state index is 8.90. The normalized spacial score (nSPS) is 11.1. The molecule has 0 atom stereocenters. The average molecular weight is 266 g/mol. The third-order valence-corrected chi connectivity index (χ3v) is 3.49. The number of aryl methyl sites for hydroxylation is 2. The lowest BCUT2D eigenvalue weighted by molar-refractivity contribution is 0.288. The highest BCUT2D eigenvalue weighted by Gasteiger charge is 2.05. The molecule has 0 amide bonds. The second kappa shape index (κ2) is 5.47. The van der Waals surface area contributed by atoms with Crippen molar-refractivity contribution in [3.63, 3.8) is 0 Å². The lowest BCUT2D eigenvalue weighted by Gasteiger charge is -1.98. The number of aliphatic hydroxyl groups is 1. The Labute approximate surface area is 118 Å². The first-order valence-corrected chi connectivity index (χ1v) is 6.93. The van der Waals surface area contributed by atoms with Gasteiger partial charge in [0, 0.05) is 12.2 Å². The van der Waals surface area contributed by atoms with Crippen LogP contribution in [0.2, 0.25) is 0 Å². The maximum Gasteiger partial charge on any atom is 0.138 e. The standard InChI is InChI=1S/C17H18N2O/c1-12-4-7-14(8-5-12)17-18-15-9-6-13(3-2-10-20)11-16(15)19-17/h4-9,11,20H,2-3,10H2,1H3,(H,18,19). The Hall–Kier alpha value is -2.13. The van der Waals surface area contributed by atoms with E-state index in [0.29, 0.717) is 0 Å². The van der Waals surface area contributed by atoms with E-state index in [0.717, 1.165) is 35.3 Å². The van der Waals surface area contributed by atoms with E-state index in [4.69, 9.17) is 5.11 Å². The third kappa shape index (κ3) is 2.58. The third-order valence-electron chi connectivity index (χ3n) is 3.49. The van der Waals surface area contributed by atoms with E-state index >= 15 is 0 Å². The van der Waals surface area contributed by atoms with Crippen molar-refractivity contribution >= 4 is 11.0 Å². The van der Waals surface area contributed by atoms with Crippen LogP contribution in [0, 0.1) is 6.92 Å². The zero-order chi connectivity index (χ0) is 13.9. The van der Waals surface area contributed by atoms with Crippen LogP contribution in [-0.4, -0.2) is 21.7 Å². The smallest absolute Gasteiger partial charge is 0.138 e. The van der Waals surface area contributed by atoms with Gasteiger partial charge in [0.25, 0.3) is 0 Å². The van der Waals surface area contributed by atoms with Crippen molar-refractivity contribution in [1.29, 1.82) is 0 Å². The molecule has 0 aliphatic rings. The molecule has 20 heavy (non-hydrogen) atoms. The molecule has 2 aromatic carbocycles. The number of rotatable bonds is 4. The second-order valence-corrected chi connectivity index (χ2v) is 5.13. The van der Waals surface area contributed by atoms with Gasteiger partial charge < -0.3 is 10.1 Å². The van der Waals surface area contributed by atoms with Crippen molar-refractivity contribution in [3.05, 3.63) is 53.6 Å². The van der Waals surface area contributed by atoms with Gasteiger partial charge in [-0.15, -0.1) is 0 Å². The number of aliphatic hydroxyl groups excluding tert-OH is 1. The SMILES string of the molecule is Cc1ccc(-c2nc3ccc(CCCO)cc3[nH]2)cc1. The highest BCUT2D eigenvalue weighted by Crippen LogP contribution is 2.22. The molecule has 3 rings (SSSR count). The zero-order valence-electron chi connectivity index (χ0n) is 11.6. The molecule has 0 saturated carbocycles. The molecule has 1 heterocycles. The topological polar surface area (TPSA) is 48.9 Å². The molecular weight excluding hydrogens is 248 g/mol. The van der Waals surface area contributed by atoms with Gasteiger partial charge in [0.1, 0.15) is 5.82 Å². The van der Waals surface area contributed by atoms with Crippen LogP contribution in [-0.2, 0) is 6.42 Å². The highest BCUT2D eigenvalue weighted by molar-refractivity contribution is 5.80. The summed E-state index contributed by atoms with van der Waals surface area (Å²) in [4.78, 5) is 8.00. The van der Waals surface area contributed by atoms with Crippen molar-refractivity contribution < 1.29 is 5.11 Å². The van der Waals surface area contributed by atoms with Gasteiger partial charge in [0.2, 0.25) is 0 Å². The molecule has 0 saturated heterocycles. The summed E-state index contributed by atoms with van der Waals surface area (Å²) in [7, 11) is 0. The Morgan fingerprint density at radius 2 is 1.90 bits per heavy atom. The van der Waals surface area contributed by atoms with Gasteiger partial charge in [0.15, 0.2) is 0 Å². The highest BCUT2D eigenvalue weighted by atomic mass is 16.2. The number of fused-ring (bicyclic) bond motifs is 1. The minimum absolute atomic E-state index is 0.232. The minimum Gasteiger partial charge on any atom is -0.396 e. The van der Waals surface area contributed by atoms with Crippen LogP contribution in [0.15, 0.2) is 42.5 Å².